The van der Waals surface area contributed by atoms with Gasteiger partial charge in [-0.3, -0.25) is 4.99 Å². The van der Waals surface area contributed by atoms with Gasteiger partial charge in [0.15, 0.2) is 5.96 Å². The highest BCUT2D eigenvalue weighted by molar-refractivity contribution is 7.99. The maximum absolute atomic E-state index is 4.65. The summed E-state index contributed by atoms with van der Waals surface area (Å²) in [6.45, 7) is 11.1. The van der Waals surface area contributed by atoms with Crippen LogP contribution in [0.3, 0.4) is 0 Å². The summed E-state index contributed by atoms with van der Waals surface area (Å²) in [6, 6.07) is 0. The fraction of sp³-hybridized carbons (Fsp3) is 0.714. The maximum Gasteiger partial charge on any atom is 0.191 e. The first kappa shape index (κ1) is 17.3. The van der Waals surface area contributed by atoms with E-state index in [0.29, 0.717) is 0 Å². The summed E-state index contributed by atoms with van der Waals surface area (Å²) in [6.07, 6.45) is 5.00. The maximum atomic E-state index is 4.65. The van der Waals surface area contributed by atoms with Crippen molar-refractivity contribution in [2.24, 2.45) is 4.99 Å². The van der Waals surface area contributed by atoms with E-state index in [1.54, 1.807) is 11.3 Å². The lowest BCUT2D eigenvalue weighted by atomic mass is 10.2. The zero-order chi connectivity index (χ0) is 15.0. The molecule has 0 aliphatic carbocycles. The molecule has 0 atom stereocenters. The number of hydrogen-bond acceptors (Lipinski definition) is 4. The van der Waals surface area contributed by atoms with E-state index in [2.05, 4.69) is 54.6 Å². The largest absolute Gasteiger partial charge is 0.357 e. The van der Waals surface area contributed by atoms with Crippen molar-refractivity contribution >= 4 is 29.1 Å². The average molecular weight is 315 g/mol. The fourth-order valence-corrected chi connectivity index (χ4v) is 2.46. The lowest BCUT2D eigenvalue weighted by molar-refractivity contribution is 0.710. The van der Waals surface area contributed by atoms with E-state index in [-0.39, 0.29) is 4.75 Å². The number of nitrogens with zero attached hydrogens (tertiary/aromatic N) is 2. The molecule has 0 aromatic carbocycles. The van der Waals surface area contributed by atoms with Crippen molar-refractivity contribution < 1.29 is 0 Å². The number of rotatable bonds is 7. The fourth-order valence-electron chi connectivity index (χ4n) is 1.48. The van der Waals surface area contributed by atoms with Crippen molar-refractivity contribution in [1.29, 1.82) is 0 Å². The molecule has 0 amide bonds. The first-order chi connectivity index (χ1) is 9.46. The van der Waals surface area contributed by atoms with Crippen molar-refractivity contribution in [3.05, 3.63) is 16.1 Å². The van der Waals surface area contributed by atoms with Gasteiger partial charge in [-0.05, 0) is 34.0 Å². The second-order valence-corrected chi connectivity index (χ2v) is 8.03. The van der Waals surface area contributed by atoms with Crippen molar-refractivity contribution in [2.75, 3.05) is 25.9 Å². The average Bonchev–Trinajstić information content (AvgIpc) is 2.82. The molecule has 20 heavy (non-hydrogen) atoms. The van der Waals surface area contributed by atoms with Gasteiger partial charge < -0.3 is 10.6 Å². The Hall–Kier alpha value is -0.750. The van der Waals surface area contributed by atoms with Crippen molar-refractivity contribution in [1.82, 2.24) is 15.6 Å². The third-order valence-electron chi connectivity index (χ3n) is 2.82. The first-order valence-electron chi connectivity index (χ1n) is 6.95. The third kappa shape index (κ3) is 6.61. The number of aliphatic imine (C=N–C) groups is 1. The van der Waals surface area contributed by atoms with Gasteiger partial charge in [-0.2, -0.15) is 11.8 Å². The first-order valence-corrected chi connectivity index (χ1v) is 8.99. The highest BCUT2D eigenvalue weighted by Gasteiger charge is 2.15. The van der Waals surface area contributed by atoms with Crippen LogP contribution in [-0.4, -0.2) is 41.6 Å². The van der Waals surface area contributed by atoms with Crippen LogP contribution < -0.4 is 10.6 Å². The molecule has 0 spiro atoms. The third-order valence-corrected chi connectivity index (χ3v) is 5.02. The highest BCUT2D eigenvalue weighted by atomic mass is 32.2. The zero-order valence-electron chi connectivity index (χ0n) is 13.1. The Morgan fingerprint density at radius 2 is 2.20 bits per heavy atom. The van der Waals surface area contributed by atoms with E-state index in [9.17, 15) is 0 Å². The minimum absolute atomic E-state index is 0.175. The van der Waals surface area contributed by atoms with E-state index in [1.165, 1.54) is 9.88 Å². The Labute approximate surface area is 130 Å². The monoisotopic (exact) mass is 314 g/mol. The second-order valence-electron chi connectivity index (χ2n) is 5.20. The van der Waals surface area contributed by atoms with E-state index < -0.39 is 0 Å². The molecule has 1 heterocycles. The van der Waals surface area contributed by atoms with Crippen LogP contribution in [-0.2, 0) is 6.42 Å². The van der Waals surface area contributed by atoms with Crippen LogP contribution in [0.5, 0.6) is 0 Å². The predicted molar refractivity (Wildman–Crippen MR) is 92.1 cm³/mol. The van der Waals surface area contributed by atoms with Crippen molar-refractivity contribution in [2.45, 2.75) is 38.9 Å². The normalized spacial score (nSPS) is 12.6. The Morgan fingerprint density at radius 1 is 1.45 bits per heavy atom. The van der Waals surface area contributed by atoms with Gasteiger partial charge in [0.1, 0.15) is 0 Å². The van der Waals surface area contributed by atoms with Crippen molar-refractivity contribution in [3.63, 3.8) is 0 Å². The van der Waals surface area contributed by atoms with Crippen LogP contribution in [0.15, 0.2) is 11.2 Å². The summed E-state index contributed by atoms with van der Waals surface area (Å²) < 4.78 is 0.175. The summed E-state index contributed by atoms with van der Waals surface area (Å²) >= 11 is 3.60. The molecule has 0 fully saturated rings. The molecular formula is C14H26N4S2. The molecule has 0 aliphatic heterocycles. The standard InChI is InChI=1S/C14H26N4S2/c1-6-15-13(18-10-14(3,4)19-5)16-8-7-12-17-9-11(2)20-12/h9H,6-8,10H2,1-5H3,(H2,15,16,18). The van der Waals surface area contributed by atoms with E-state index in [0.717, 1.165) is 32.0 Å². The number of nitrogens with one attached hydrogen (secondary N) is 2. The van der Waals surface area contributed by atoms with Crippen LogP contribution >= 0.6 is 23.1 Å². The number of hydrogen-bond donors (Lipinski definition) is 2. The molecule has 2 N–H and O–H groups in total. The van der Waals surface area contributed by atoms with Crippen LogP contribution in [0.25, 0.3) is 0 Å². The van der Waals surface area contributed by atoms with Gasteiger partial charge in [-0.1, -0.05) is 0 Å². The molecule has 0 radical (unpaired) electrons. The molecule has 114 valence electrons. The number of guanidine groups is 1. The topological polar surface area (TPSA) is 49.3 Å². The summed E-state index contributed by atoms with van der Waals surface area (Å²) in [5.41, 5.74) is 0. The number of aryl methyl sites for hydroxylation is 1. The highest BCUT2D eigenvalue weighted by Crippen LogP contribution is 2.20. The van der Waals surface area contributed by atoms with Gasteiger partial charge in [0.05, 0.1) is 11.6 Å². The van der Waals surface area contributed by atoms with E-state index >= 15 is 0 Å². The minimum Gasteiger partial charge on any atom is -0.357 e. The molecule has 4 nitrogen and oxygen atoms in total. The molecule has 1 aromatic heterocycles. The SMILES string of the molecule is CCNC(=NCC(C)(C)SC)NCCc1ncc(C)s1. The molecule has 0 aliphatic rings. The Balaban J connectivity index is 2.44. The summed E-state index contributed by atoms with van der Waals surface area (Å²) in [7, 11) is 0. The molecule has 1 aromatic rings. The van der Waals surface area contributed by atoms with Gasteiger partial charge in [0.25, 0.3) is 0 Å². The zero-order valence-corrected chi connectivity index (χ0v) is 14.7. The number of thioether (sulfide) groups is 1. The summed E-state index contributed by atoms with van der Waals surface area (Å²) in [4.78, 5) is 10.3. The van der Waals surface area contributed by atoms with Crippen molar-refractivity contribution in [3.8, 4) is 0 Å². The molecule has 0 saturated carbocycles. The van der Waals surface area contributed by atoms with Gasteiger partial charge >= 0.3 is 0 Å². The van der Waals surface area contributed by atoms with Gasteiger partial charge in [-0.15, -0.1) is 11.3 Å². The lowest BCUT2D eigenvalue weighted by Crippen LogP contribution is -2.39. The van der Waals surface area contributed by atoms with Crippen LogP contribution in [0.2, 0.25) is 0 Å². The van der Waals surface area contributed by atoms with Crippen LogP contribution in [0.4, 0.5) is 0 Å². The molecular weight excluding hydrogens is 288 g/mol. The smallest absolute Gasteiger partial charge is 0.191 e. The minimum atomic E-state index is 0.175. The Kier molecular flexibility index (Phi) is 7.37. The summed E-state index contributed by atoms with van der Waals surface area (Å²) in [5, 5.41) is 7.83. The van der Waals surface area contributed by atoms with Gasteiger partial charge in [-0.25, -0.2) is 4.98 Å². The van der Waals surface area contributed by atoms with Gasteiger partial charge in [0, 0.05) is 35.3 Å². The second kappa shape index (κ2) is 8.52. The van der Waals surface area contributed by atoms with Crippen LogP contribution in [0, 0.1) is 6.92 Å². The van der Waals surface area contributed by atoms with E-state index in [1.807, 2.05) is 18.0 Å². The predicted octanol–water partition coefficient (Wildman–Crippen LogP) is 2.69. The number of thiazole rings is 1. The molecule has 1 rings (SSSR count). The number of aromatic nitrogens is 1. The molecule has 0 unspecified atom stereocenters. The van der Waals surface area contributed by atoms with Gasteiger partial charge in [0.2, 0.25) is 0 Å². The molecule has 0 bridgehead atoms. The lowest BCUT2D eigenvalue weighted by Gasteiger charge is -2.20. The Bertz CT molecular complexity index is 427. The molecule has 6 heteroatoms. The molecule has 0 saturated heterocycles. The van der Waals surface area contributed by atoms with Crippen LogP contribution in [0.1, 0.15) is 30.7 Å². The quantitative estimate of drug-likeness (QED) is 0.600. The van der Waals surface area contributed by atoms with E-state index in [4.69, 9.17) is 0 Å². The summed E-state index contributed by atoms with van der Waals surface area (Å²) in [5.74, 6) is 0.892. The Morgan fingerprint density at radius 3 is 2.75 bits per heavy atom.